The van der Waals surface area contributed by atoms with Crippen molar-refractivity contribution in [1.29, 1.82) is 5.26 Å². The Labute approximate surface area is 145 Å². The van der Waals surface area contributed by atoms with Crippen LogP contribution in [0.1, 0.15) is 21.6 Å². The molecule has 122 valence electrons. The lowest BCUT2D eigenvalue weighted by molar-refractivity contribution is 0.102. The number of nitriles is 1. The summed E-state index contributed by atoms with van der Waals surface area (Å²) >= 11 is 0. The van der Waals surface area contributed by atoms with Gasteiger partial charge in [-0.15, -0.1) is 0 Å². The highest BCUT2D eigenvalue weighted by Gasteiger charge is 2.10. The van der Waals surface area contributed by atoms with Crippen LogP contribution < -0.4 is 10.6 Å². The molecule has 0 fully saturated rings. The van der Waals surface area contributed by atoms with E-state index >= 15 is 0 Å². The first-order valence-corrected chi connectivity index (χ1v) is 7.62. The SMILES string of the molecule is Cc1ccc(NC(=O)c2cc(Nc3ccccc3C#N)ncn2)cc1. The van der Waals surface area contributed by atoms with Crippen LogP contribution in [-0.4, -0.2) is 15.9 Å². The maximum atomic E-state index is 12.3. The van der Waals surface area contributed by atoms with Crippen molar-refractivity contribution in [2.75, 3.05) is 10.6 Å². The van der Waals surface area contributed by atoms with Crippen LogP contribution in [-0.2, 0) is 0 Å². The third-order valence-electron chi connectivity index (χ3n) is 3.52. The molecule has 0 aliphatic heterocycles. The highest BCUT2D eigenvalue weighted by Crippen LogP contribution is 2.19. The summed E-state index contributed by atoms with van der Waals surface area (Å²) in [4.78, 5) is 20.5. The van der Waals surface area contributed by atoms with E-state index in [-0.39, 0.29) is 11.6 Å². The number of benzene rings is 2. The van der Waals surface area contributed by atoms with E-state index in [2.05, 4.69) is 26.7 Å². The van der Waals surface area contributed by atoms with Gasteiger partial charge in [-0.2, -0.15) is 5.26 Å². The number of carbonyl (C=O) groups excluding carboxylic acids is 1. The number of carbonyl (C=O) groups is 1. The van der Waals surface area contributed by atoms with Crippen LogP contribution in [0.25, 0.3) is 0 Å². The van der Waals surface area contributed by atoms with Crippen LogP contribution in [0.3, 0.4) is 0 Å². The lowest BCUT2D eigenvalue weighted by Crippen LogP contribution is -2.14. The Kier molecular flexibility index (Phi) is 4.67. The first-order chi connectivity index (χ1) is 12.2. The molecule has 0 atom stereocenters. The molecular weight excluding hydrogens is 314 g/mol. The molecule has 2 aromatic carbocycles. The zero-order chi connectivity index (χ0) is 17.6. The number of nitrogens with zero attached hydrogens (tertiary/aromatic N) is 3. The lowest BCUT2D eigenvalue weighted by Gasteiger charge is -2.09. The van der Waals surface area contributed by atoms with E-state index in [1.807, 2.05) is 37.3 Å². The fourth-order valence-electron chi connectivity index (χ4n) is 2.21. The first-order valence-electron chi connectivity index (χ1n) is 7.62. The molecule has 0 radical (unpaired) electrons. The van der Waals surface area contributed by atoms with Gasteiger partial charge in [0, 0.05) is 11.8 Å². The van der Waals surface area contributed by atoms with Gasteiger partial charge < -0.3 is 10.6 Å². The number of hydrogen-bond donors (Lipinski definition) is 2. The molecule has 0 bridgehead atoms. The number of para-hydroxylation sites is 1. The molecule has 0 unspecified atom stereocenters. The molecule has 1 aromatic heterocycles. The number of rotatable bonds is 4. The summed E-state index contributed by atoms with van der Waals surface area (Å²) in [5, 5.41) is 15.0. The lowest BCUT2D eigenvalue weighted by atomic mass is 10.2. The summed E-state index contributed by atoms with van der Waals surface area (Å²) in [6.07, 6.45) is 1.31. The Balaban J connectivity index is 1.78. The number of amides is 1. The monoisotopic (exact) mass is 329 g/mol. The number of anilines is 3. The summed E-state index contributed by atoms with van der Waals surface area (Å²) in [7, 11) is 0. The van der Waals surface area contributed by atoms with Crippen LogP contribution in [0.2, 0.25) is 0 Å². The van der Waals surface area contributed by atoms with Crippen molar-refractivity contribution in [2.24, 2.45) is 0 Å². The van der Waals surface area contributed by atoms with Gasteiger partial charge in [-0.1, -0.05) is 29.8 Å². The number of aryl methyl sites for hydroxylation is 1. The molecule has 0 aliphatic rings. The minimum atomic E-state index is -0.331. The van der Waals surface area contributed by atoms with Gasteiger partial charge in [0.25, 0.3) is 5.91 Å². The number of nitrogens with one attached hydrogen (secondary N) is 2. The normalized spacial score (nSPS) is 9.92. The Hall–Kier alpha value is -3.72. The van der Waals surface area contributed by atoms with Gasteiger partial charge in [0.1, 0.15) is 23.9 Å². The largest absolute Gasteiger partial charge is 0.339 e. The quantitative estimate of drug-likeness (QED) is 0.762. The zero-order valence-electron chi connectivity index (χ0n) is 13.5. The van der Waals surface area contributed by atoms with Crippen molar-refractivity contribution in [3.8, 4) is 6.07 Å². The Bertz CT molecular complexity index is 945. The number of hydrogen-bond acceptors (Lipinski definition) is 5. The van der Waals surface area contributed by atoms with Crippen molar-refractivity contribution < 1.29 is 4.79 Å². The molecule has 0 spiro atoms. The summed E-state index contributed by atoms with van der Waals surface area (Å²) in [5.74, 6) is 0.106. The van der Waals surface area contributed by atoms with Gasteiger partial charge in [0.15, 0.2) is 0 Å². The molecule has 3 aromatic rings. The molecule has 1 amide bonds. The van der Waals surface area contributed by atoms with Gasteiger partial charge in [0.05, 0.1) is 11.3 Å². The molecule has 0 saturated carbocycles. The van der Waals surface area contributed by atoms with Gasteiger partial charge in [0.2, 0.25) is 0 Å². The standard InChI is InChI=1S/C19H15N5O/c1-13-6-8-15(9-7-13)23-19(25)17-10-18(22-12-21-17)24-16-5-3-2-4-14(16)11-20/h2-10,12H,1H3,(H,23,25)(H,21,22,24). The first kappa shape index (κ1) is 16.1. The summed E-state index contributed by atoms with van der Waals surface area (Å²) in [6.45, 7) is 1.98. The van der Waals surface area contributed by atoms with Crippen molar-refractivity contribution in [1.82, 2.24) is 9.97 Å². The minimum absolute atomic E-state index is 0.229. The van der Waals surface area contributed by atoms with Crippen LogP contribution in [0, 0.1) is 18.3 Å². The van der Waals surface area contributed by atoms with Crippen LogP contribution in [0.4, 0.5) is 17.2 Å². The van der Waals surface area contributed by atoms with E-state index in [1.54, 1.807) is 18.2 Å². The predicted octanol–water partition coefficient (Wildman–Crippen LogP) is 3.65. The van der Waals surface area contributed by atoms with Crippen molar-refractivity contribution in [2.45, 2.75) is 6.92 Å². The molecule has 3 rings (SSSR count). The average Bonchev–Trinajstić information content (AvgIpc) is 2.64. The molecular formula is C19H15N5O. The maximum Gasteiger partial charge on any atom is 0.274 e. The second kappa shape index (κ2) is 7.23. The van der Waals surface area contributed by atoms with E-state index < -0.39 is 0 Å². The van der Waals surface area contributed by atoms with Crippen molar-refractivity contribution in [3.05, 3.63) is 77.7 Å². The highest BCUT2D eigenvalue weighted by molar-refractivity contribution is 6.03. The van der Waals surface area contributed by atoms with E-state index in [9.17, 15) is 4.79 Å². The van der Waals surface area contributed by atoms with Crippen LogP contribution in [0.15, 0.2) is 60.9 Å². The van der Waals surface area contributed by atoms with Crippen molar-refractivity contribution in [3.63, 3.8) is 0 Å². The third-order valence-corrected chi connectivity index (χ3v) is 3.52. The molecule has 6 heteroatoms. The topological polar surface area (TPSA) is 90.7 Å². The van der Waals surface area contributed by atoms with Gasteiger partial charge in [-0.3, -0.25) is 4.79 Å². The molecule has 0 saturated heterocycles. The summed E-state index contributed by atoms with van der Waals surface area (Å²) in [6, 6.07) is 18.2. The van der Waals surface area contributed by atoms with Crippen molar-refractivity contribution >= 4 is 23.1 Å². The minimum Gasteiger partial charge on any atom is -0.339 e. The molecule has 1 heterocycles. The Morgan fingerprint density at radius 2 is 1.84 bits per heavy atom. The average molecular weight is 329 g/mol. The molecule has 0 aliphatic carbocycles. The van der Waals surface area contributed by atoms with E-state index in [1.165, 1.54) is 12.4 Å². The smallest absolute Gasteiger partial charge is 0.274 e. The second-order valence-electron chi connectivity index (χ2n) is 5.39. The number of aromatic nitrogens is 2. The second-order valence-corrected chi connectivity index (χ2v) is 5.39. The van der Waals surface area contributed by atoms with Gasteiger partial charge in [-0.05, 0) is 31.2 Å². The van der Waals surface area contributed by atoms with Crippen LogP contribution in [0.5, 0.6) is 0 Å². The fraction of sp³-hybridized carbons (Fsp3) is 0.0526. The molecule has 25 heavy (non-hydrogen) atoms. The fourth-order valence-corrected chi connectivity index (χ4v) is 2.21. The summed E-state index contributed by atoms with van der Waals surface area (Å²) < 4.78 is 0. The van der Waals surface area contributed by atoms with Crippen LogP contribution >= 0.6 is 0 Å². The molecule has 2 N–H and O–H groups in total. The Morgan fingerprint density at radius 3 is 2.60 bits per heavy atom. The van der Waals surface area contributed by atoms with E-state index in [0.29, 0.717) is 22.8 Å². The van der Waals surface area contributed by atoms with E-state index in [0.717, 1.165) is 5.56 Å². The zero-order valence-corrected chi connectivity index (χ0v) is 13.5. The van der Waals surface area contributed by atoms with E-state index in [4.69, 9.17) is 5.26 Å². The summed E-state index contributed by atoms with van der Waals surface area (Å²) in [5.41, 5.74) is 3.15. The maximum absolute atomic E-state index is 12.3. The van der Waals surface area contributed by atoms with Gasteiger partial charge >= 0.3 is 0 Å². The third kappa shape index (κ3) is 3.98. The predicted molar refractivity (Wildman–Crippen MR) is 95.6 cm³/mol. The van der Waals surface area contributed by atoms with Gasteiger partial charge in [-0.25, -0.2) is 9.97 Å². The highest BCUT2D eigenvalue weighted by atomic mass is 16.1. The Morgan fingerprint density at radius 1 is 1.08 bits per heavy atom. The molecule has 6 nitrogen and oxygen atoms in total.